The molecule has 0 unspecified atom stereocenters. The summed E-state index contributed by atoms with van der Waals surface area (Å²) in [7, 11) is 0. The molecule has 1 N–H and O–H groups in total. The summed E-state index contributed by atoms with van der Waals surface area (Å²) in [5.74, 6) is 1.18. The zero-order valence-electron chi connectivity index (χ0n) is 18.4. The molecule has 2 aromatic carbocycles. The van der Waals surface area contributed by atoms with Gasteiger partial charge >= 0.3 is 0 Å². The number of benzene rings is 2. The van der Waals surface area contributed by atoms with Gasteiger partial charge in [-0.1, -0.05) is 34.1 Å². The third-order valence-electron chi connectivity index (χ3n) is 4.97. The van der Waals surface area contributed by atoms with Crippen molar-refractivity contribution in [2.24, 2.45) is 0 Å². The number of ether oxygens (including phenoxy) is 2. The van der Waals surface area contributed by atoms with Gasteiger partial charge in [0.25, 0.3) is 0 Å². The first kappa shape index (κ1) is 23.1. The molecule has 0 saturated heterocycles. The molecule has 1 atom stereocenters. The monoisotopic (exact) mass is 488 g/mol. The standard InChI is InChI=1S/C24H29BrN2O4/c1-16(23(29)26-24(2,3)4)27(14-18-6-5-7-19(25)12-18)22(28)11-9-17-8-10-20-21(13-17)31-15-30-20/h5-8,10,12-13,16H,9,11,14-15H2,1-4H3,(H,26,29)/t16-/m0/s1. The van der Waals surface area contributed by atoms with E-state index in [0.29, 0.717) is 25.1 Å². The third-order valence-corrected chi connectivity index (χ3v) is 5.47. The molecule has 0 radical (unpaired) electrons. The number of fused-ring (bicyclic) bond motifs is 1. The van der Waals surface area contributed by atoms with Gasteiger partial charge in [0.1, 0.15) is 6.04 Å². The minimum absolute atomic E-state index is 0.0748. The van der Waals surface area contributed by atoms with Crippen molar-refractivity contribution in [1.29, 1.82) is 0 Å². The normalized spacial score (nSPS) is 13.6. The van der Waals surface area contributed by atoms with Gasteiger partial charge in [-0.2, -0.15) is 0 Å². The van der Waals surface area contributed by atoms with E-state index in [0.717, 1.165) is 21.3 Å². The second-order valence-corrected chi connectivity index (χ2v) is 9.67. The molecule has 3 rings (SSSR count). The molecule has 7 heteroatoms. The highest BCUT2D eigenvalue weighted by atomic mass is 79.9. The fraction of sp³-hybridized carbons (Fsp3) is 0.417. The lowest BCUT2D eigenvalue weighted by molar-refractivity contribution is -0.141. The zero-order valence-corrected chi connectivity index (χ0v) is 20.0. The quantitative estimate of drug-likeness (QED) is 0.625. The molecule has 0 spiro atoms. The first-order valence-electron chi connectivity index (χ1n) is 10.4. The van der Waals surface area contributed by atoms with E-state index in [2.05, 4.69) is 21.2 Å². The van der Waals surface area contributed by atoms with Gasteiger partial charge < -0.3 is 19.7 Å². The summed E-state index contributed by atoms with van der Waals surface area (Å²) >= 11 is 3.48. The molecule has 31 heavy (non-hydrogen) atoms. The Kier molecular flexibility index (Phi) is 7.26. The van der Waals surface area contributed by atoms with E-state index >= 15 is 0 Å². The fourth-order valence-electron chi connectivity index (χ4n) is 3.38. The molecule has 2 amide bonds. The first-order chi connectivity index (χ1) is 14.6. The summed E-state index contributed by atoms with van der Waals surface area (Å²) in [4.78, 5) is 27.7. The predicted molar refractivity (Wildman–Crippen MR) is 123 cm³/mol. The Morgan fingerprint density at radius 2 is 1.84 bits per heavy atom. The van der Waals surface area contributed by atoms with Crippen molar-refractivity contribution in [2.75, 3.05) is 6.79 Å². The number of rotatable bonds is 7. The van der Waals surface area contributed by atoms with Crippen LogP contribution in [0.5, 0.6) is 11.5 Å². The Labute approximate surface area is 192 Å². The number of hydrogen-bond acceptors (Lipinski definition) is 4. The molecule has 6 nitrogen and oxygen atoms in total. The SMILES string of the molecule is C[C@@H](C(=O)NC(C)(C)C)N(Cc1cccc(Br)c1)C(=O)CCc1ccc2c(c1)OCO2. The Hall–Kier alpha value is -2.54. The number of aryl methyl sites for hydroxylation is 1. The lowest BCUT2D eigenvalue weighted by Crippen LogP contribution is -2.52. The summed E-state index contributed by atoms with van der Waals surface area (Å²) in [6.45, 7) is 8.14. The average Bonchev–Trinajstić information content (AvgIpc) is 3.16. The minimum atomic E-state index is -0.595. The Morgan fingerprint density at radius 1 is 1.10 bits per heavy atom. The summed E-state index contributed by atoms with van der Waals surface area (Å²) in [6.07, 6.45) is 0.846. The van der Waals surface area contributed by atoms with Crippen LogP contribution in [0, 0.1) is 0 Å². The van der Waals surface area contributed by atoms with Crippen molar-refractivity contribution in [1.82, 2.24) is 10.2 Å². The summed E-state index contributed by atoms with van der Waals surface area (Å²) in [5.41, 5.74) is 1.58. The molecule has 0 aromatic heterocycles. The van der Waals surface area contributed by atoms with E-state index in [1.54, 1.807) is 11.8 Å². The van der Waals surface area contributed by atoms with Crippen molar-refractivity contribution < 1.29 is 19.1 Å². The van der Waals surface area contributed by atoms with Crippen LogP contribution in [-0.4, -0.2) is 35.1 Å². The molecule has 166 valence electrons. The molecule has 0 fully saturated rings. The average molecular weight is 489 g/mol. The number of halogens is 1. The molecule has 0 saturated carbocycles. The summed E-state index contributed by atoms with van der Waals surface area (Å²) in [6, 6.07) is 12.9. The number of nitrogens with zero attached hydrogens (tertiary/aromatic N) is 1. The molecule has 1 aliphatic heterocycles. The van der Waals surface area contributed by atoms with Crippen molar-refractivity contribution >= 4 is 27.7 Å². The van der Waals surface area contributed by atoms with Gasteiger partial charge in [0.2, 0.25) is 18.6 Å². The lowest BCUT2D eigenvalue weighted by atomic mass is 10.1. The zero-order chi connectivity index (χ0) is 22.6. The van der Waals surface area contributed by atoms with E-state index in [4.69, 9.17) is 9.47 Å². The minimum Gasteiger partial charge on any atom is -0.454 e. The van der Waals surface area contributed by atoms with Gasteiger partial charge in [-0.25, -0.2) is 0 Å². The van der Waals surface area contributed by atoms with Gasteiger partial charge in [-0.3, -0.25) is 9.59 Å². The maximum absolute atomic E-state index is 13.2. The van der Waals surface area contributed by atoms with E-state index in [1.165, 1.54) is 0 Å². The highest BCUT2D eigenvalue weighted by Crippen LogP contribution is 2.32. The van der Waals surface area contributed by atoms with E-state index in [1.807, 2.05) is 63.2 Å². The van der Waals surface area contributed by atoms with Gasteiger partial charge in [-0.05, 0) is 69.5 Å². The first-order valence-corrected chi connectivity index (χ1v) is 11.2. The van der Waals surface area contributed by atoms with Crippen molar-refractivity contribution in [2.45, 2.75) is 58.7 Å². The maximum Gasteiger partial charge on any atom is 0.242 e. The fourth-order valence-corrected chi connectivity index (χ4v) is 3.83. The van der Waals surface area contributed by atoms with Crippen molar-refractivity contribution in [3.8, 4) is 11.5 Å². The number of amides is 2. The van der Waals surface area contributed by atoms with Gasteiger partial charge in [0.15, 0.2) is 11.5 Å². The Bertz CT molecular complexity index is 955. The van der Waals surface area contributed by atoms with Crippen LogP contribution < -0.4 is 14.8 Å². The van der Waals surface area contributed by atoms with Crippen LogP contribution >= 0.6 is 15.9 Å². The van der Waals surface area contributed by atoms with Gasteiger partial charge in [0.05, 0.1) is 0 Å². The lowest BCUT2D eigenvalue weighted by Gasteiger charge is -2.31. The van der Waals surface area contributed by atoms with Crippen molar-refractivity contribution in [3.63, 3.8) is 0 Å². The highest BCUT2D eigenvalue weighted by molar-refractivity contribution is 9.10. The predicted octanol–water partition coefficient (Wildman–Crippen LogP) is 4.44. The Morgan fingerprint density at radius 3 is 2.55 bits per heavy atom. The highest BCUT2D eigenvalue weighted by Gasteiger charge is 2.28. The molecule has 1 aliphatic rings. The van der Waals surface area contributed by atoms with Crippen LogP contribution in [0.15, 0.2) is 46.9 Å². The molecule has 0 aliphatic carbocycles. The van der Waals surface area contributed by atoms with Crippen LogP contribution in [0.3, 0.4) is 0 Å². The number of hydrogen-bond donors (Lipinski definition) is 1. The molecule has 1 heterocycles. The summed E-state index contributed by atoms with van der Waals surface area (Å²) in [5, 5.41) is 2.98. The van der Waals surface area contributed by atoms with Crippen LogP contribution in [-0.2, 0) is 22.6 Å². The molecule has 0 bridgehead atoms. The van der Waals surface area contributed by atoms with Crippen LogP contribution in [0.25, 0.3) is 0 Å². The Balaban J connectivity index is 1.73. The smallest absolute Gasteiger partial charge is 0.242 e. The largest absolute Gasteiger partial charge is 0.454 e. The molecule has 2 aromatic rings. The maximum atomic E-state index is 13.2. The number of nitrogens with one attached hydrogen (secondary N) is 1. The topological polar surface area (TPSA) is 67.9 Å². The van der Waals surface area contributed by atoms with E-state index in [-0.39, 0.29) is 24.1 Å². The van der Waals surface area contributed by atoms with Gasteiger partial charge in [-0.15, -0.1) is 0 Å². The third kappa shape index (κ3) is 6.47. The molecular weight excluding hydrogens is 460 g/mol. The van der Waals surface area contributed by atoms with Crippen LogP contribution in [0.1, 0.15) is 45.2 Å². The number of carbonyl (C=O) groups is 2. The van der Waals surface area contributed by atoms with Crippen LogP contribution in [0.2, 0.25) is 0 Å². The van der Waals surface area contributed by atoms with E-state index in [9.17, 15) is 9.59 Å². The summed E-state index contributed by atoms with van der Waals surface area (Å²) < 4.78 is 11.7. The van der Waals surface area contributed by atoms with Gasteiger partial charge in [0, 0.05) is 23.0 Å². The number of carbonyl (C=O) groups excluding carboxylic acids is 2. The second kappa shape index (κ2) is 9.73. The molecular formula is C24H29BrN2O4. The van der Waals surface area contributed by atoms with E-state index < -0.39 is 6.04 Å². The van der Waals surface area contributed by atoms with Crippen LogP contribution in [0.4, 0.5) is 0 Å². The second-order valence-electron chi connectivity index (χ2n) is 8.75. The van der Waals surface area contributed by atoms with Crippen molar-refractivity contribution in [3.05, 3.63) is 58.1 Å².